The van der Waals surface area contributed by atoms with Gasteiger partial charge in [0.25, 0.3) is 0 Å². The SMILES string of the molecule is [N-]=[N+]=NCC1CC(=O)N(c2nc(N)c3nc(CO)cnc3n2)C1. The van der Waals surface area contributed by atoms with E-state index in [1.165, 1.54) is 11.1 Å². The van der Waals surface area contributed by atoms with Crippen LogP contribution < -0.4 is 10.6 Å². The van der Waals surface area contributed by atoms with Crippen LogP contribution in [-0.4, -0.2) is 44.0 Å². The third-order valence-electron chi connectivity index (χ3n) is 3.48. The third-order valence-corrected chi connectivity index (χ3v) is 3.48. The van der Waals surface area contributed by atoms with E-state index in [0.717, 1.165) is 0 Å². The highest BCUT2D eigenvalue weighted by Crippen LogP contribution is 2.25. The number of carbonyl (C=O) groups excluding carboxylic acids is 1. The summed E-state index contributed by atoms with van der Waals surface area (Å²) in [6, 6.07) is 0. The Labute approximate surface area is 129 Å². The molecular weight excluding hydrogens is 302 g/mol. The molecular formula is C12H13N9O2. The normalized spacial score (nSPS) is 17.5. The van der Waals surface area contributed by atoms with Crippen molar-refractivity contribution in [2.24, 2.45) is 11.0 Å². The molecule has 0 spiro atoms. The van der Waals surface area contributed by atoms with E-state index in [2.05, 4.69) is 30.0 Å². The minimum atomic E-state index is -0.268. The van der Waals surface area contributed by atoms with Gasteiger partial charge < -0.3 is 10.8 Å². The molecule has 1 saturated heterocycles. The van der Waals surface area contributed by atoms with Crippen molar-refractivity contribution in [2.45, 2.75) is 13.0 Å². The average molecular weight is 315 g/mol. The van der Waals surface area contributed by atoms with Gasteiger partial charge >= 0.3 is 0 Å². The Morgan fingerprint density at radius 2 is 2.30 bits per heavy atom. The molecule has 3 heterocycles. The molecule has 11 nitrogen and oxygen atoms in total. The van der Waals surface area contributed by atoms with Crippen molar-refractivity contribution in [1.29, 1.82) is 0 Å². The van der Waals surface area contributed by atoms with E-state index in [1.807, 2.05) is 0 Å². The molecule has 2 aromatic rings. The number of aromatic nitrogens is 4. The van der Waals surface area contributed by atoms with Gasteiger partial charge in [0.05, 0.1) is 18.5 Å². The maximum Gasteiger partial charge on any atom is 0.236 e. The first kappa shape index (κ1) is 14.9. The Morgan fingerprint density at radius 3 is 3.04 bits per heavy atom. The lowest BCUT2D eigenvalue weighted by Gasteiger charge is -2.15. The van der Waals surface area contributed by atoms with Gasteiger partial charge in [-0.05, 0) is 11.4 Å². The number of hydrogen-bond acceptors (Lipinski definition) is 8. The molecule has 1 amide bonds. The molecule has 118 valence electrons. The minimum Gasteiger partial charge on any atom is -0.390 e. The van der Waals surface area contributed by atoms with Crippen molar-refractivity contribution < 1.29 is 9.90 Å². The molecule has 1 atom stereocenters. The summed E-state index contributed by atoms with van der Waals surface area (Å²) in [5.41, 5.74) is 15.1. The van der Waals surface area contributed by atoms with E-state index in [-0.39, 0.29) is 54.3 Å². The number of aliphatic hydroxyl groups is 1. The lowest BCUT2D eigenvalue weighted by molar-refractivity contribution is -0.117. The van der Waals surface area contributed by atoms with Crippen LogP contribution >= 0.6 is 0 Å². The molecule has 0 aromatic carbocycles. The van der Waals surface area contributed by atoms with Gasteiger partial charge in [-0.2, -0.15) is 9.97 Å². The topological polar surface area (TPSA) is 167 Å². The van der Waals surface area contributed by atoms with E-state index in [4.69, 9.17) is 16.4 Å². The number of azide groups is 1. The predicted molar refractivity (Wildman–Crippen MR) is 79.9 cm³/mol. The van der Waals surface area contributed by atoms with Crippen LogP contribution in [0.5, 0.6) is 0 Å². The number of nitrogen functional groups attached to an aromatic ring is 1. The molecule has 11 heteroatoms. The summed E-state index contributed by atoms with van der Waals surface area (Å²) in [5, 5.41) is 12.6. The Balaban J connectivity index is 1.94. The van der Waals surface area contributed by atoms with Crippen LogP contribution in [0.25, 0.3) is 21.6 Å². The maximum absolute atomic E-state index is 12.1. The molecule has 1 aliphatic rings. The molecule has 3 rings (SSSR count). The van der Waals surface area contributed by atoms with Crippen molar-refractivity contribution in [3.63, 3.8) is 0 Å². The second-order valence-electron chi connectivity index (χ2n) is 5.09. The number of aliphatic hydroxyl groups excluding tert-OH is 1. The van der Waals surface area contributed by atoms with Crippen molar-refractivity contribution in [3.05, 3.63) is 22.3 Å². The first-order valence-corrected chi connectivity index (χ1v) is 6.83. The predicted octanol–water partition coefficient (Wildman–Crippen LogP) is 0.157. The summed E-state index contributed by atoms with van der Waals surface area (Å²) < 4.78 is 0. The van der Waals surface area contributed by atoms with Gasteiger partial charge in [-0.15, -0.1) is 0 Å². The van der Waals surface area contributed by atoms with Crippen molar-refractivity contribution >= 4 is 28.8 Å². The van der Waals surface area contributed by atoms with Crippen LogP contribution in [0.3, 0.4) is 0 Å². The number of rotatable bonds is 4. The van der Waals surface area contributed by atoms with Crippen molar-refractivity contribution in [2.75, 3.05) is 23.7 Å². The van der Waals surface area contributed by atoms with Gasteiger partial charge in [0, 0.05) is 24.4 Å². The van der Waals surface area contributed by atoms with Crippen LogP contribution in [0, 0.1) is 5.92 Å². The highest BCUT2D eigenvalue weighted by atomic mass is 16.3. The Bertz CT molecular complexity index is 818. The van der Waals surface area contributed by atoms with E-state index >= 15 is 0 Å². The second-order valence-corrected chi connectivity index (χ2v) is 5.09. The van der Waals surface area contributed by atoms with Crippen LogP contribution in [0.1, 0.15) is 12.1 Å². The van der Waals surface area contributed by atoms with Gasteiger partial charge in [0.1, 0.15) is 0 Å². The lowest BCUT2D eigenvalue weighted by atomic mass is 10.1. The van der Waals surface area contributed by atoms with E-state index < -0.39 is 0 Å². The second kappa shape index (κ2) is 5.99. The quantitative estimate of drug-likeness (QED) is 0.460. The lowest BCUT2D eigenvalue weighted by Crippen LogP contribution is -2.27. The Morgan fingerprint density at radius 1 is 1.48 bits per heavy atom. The van der Waals surface area contributed by atoms with Gasteiger partial charge in [-0.1, -0.05) is 5.11 Å². The summed E-state index contributed by atoms with van der Waals surface area (Å²) in [4.78, 5) is 32.7. The highest BCUT2D eigenvalue weighted by Gasteiger charge is 2.32. The number of hydrogen-bond donors (Lipinski definition) is 2. The molecule has 0 saturated carbocycles. The van der Waals surface area contributed by atoms with Crippen molar-refractivity contribution in [3.8, 4) is 0 Å². The Hall–Kier alpha value is -3.04. The molecule has 0 bridgehead atoms. The van der Waals surface area contributed by atoms with Crippen LogP contribution in [0.4, 0.5) is 11.8 Å². The van der Waals surface area contributed by atoms with Gasteiger partial charge in [0.2, 0.25) is 11.9 Å². The standard InChI is InChI=1S/C12H13N9O2/c13-10-9-11(15-3-7(5-22)17-9)19-12(18-10)21-4-6(1-8(21)23)2-16-20-14/h3,6,22H,1-2,4-5H2,(H2,13,15,18,19). The molecule has 2 aromatic heterocycles. The van der Waals surface area contributed by atoms with E-state index in [9.17, 15) is 4.79 Å². The molecule has 0 radical (unpaired) electrons. The fourth-order valence-electron chi connectivity index (χ4n) is 2.40. The summed E-state index contributed by atoms with van der Waals surface area (Å²) in [6.07, 6.45) is 1.64. The Kier molecular flexibility index (Phi) is 3.87. The third kappa shape index (κ3) is 2.82. The molecule has 23 heavy (non-hydrogen) atoms. The van der Waals surface area contributed by atoms with Gasteiger partial charge in [-0.25, -0.2) is 9.97 Å². The molecule has 3 N–H and O–H groups in total. The zero-order valence-corrected chi connectivity index (χ0v) is 12.0. The molecule has 1 fully saturated rings. The first-order valence-electron chi connectivity index (χ1n) is 6.83. The minimum absolute atomic E-state index is 0.0817. The number of nitrogens with zero attached hydrogens (tertiary/aromatic N) is 8. The summed E-state index contributed by atoms with van der Waals surface area (Å²) in [5.74, 6) is -0.0165. The van der Waals surface area contributed by atoms with Crippen molar-refractivity contribution in [1.82, 2.24) is 19.9 Å². The first-order chi connectivity index (χ1) is 11.1. The number of carbonyl (C=O) groups is 1. The molecule has 1 unspecified atom stereocenters. The van der Waals surface area contributed by atoms with Gasteiger partial charge in [-0.3, -0.25) is 9.69 Å². The molecule has 0 aliphatic carbocycles. The smallest absolute Gasteiger partial charge is 0.236 e. The van der Waals surface area contributed by atoms with Crippen LogP contribution in [-0.2, 0) is 11.4 Å². The number of anilines is 2. The van der Waals surface area contributed by atoms with Crippen LogP contribution in [0.2, 0.25) is 0 Å². The van der Waals surface area contributed by atoms with E-state index in [1.54, 1.807) is 0 Å². The largest absolute Gasteiger partial charge is 0.390 e. The maximum atomic E-state index is 12.1. The monoisotopic (exact) mass is 315 g/mol. The number of nitrogens with two attached hydrogens (primary N) is 1. The number of amides is 1. The summed E-state index contributed by atoms with van der Waals surface area (Å²) in [7, 11) is 0. The fraction of sp³-hybridized carbons (Fsp3) is 0.417. The highest BCUT2D eigenvalue weighted by molar-refractivity contribution is 5.95. The zero-order valence-electron chi connectivity index (χ0n) is 12.0. The molecule has 1 aliphatic heterocycles. The zero-order chi connectivity index (χ0) is 16.4. The fourth-order valence-corrected chi connectivity index (χ4v) is 2.40. The average Bonchev–Trinajstić information content (AvgIpc) is 2.93. The van der Waals surface area contributed by atoms with Crippen LogP contribution in [0.15, 0.2) is 11.3 Å². The van der Waals surface area contributed by atoms with E-state index in [0.29, 0.717) is 12.2 Å². The van der Waals surface area contributed by atoms with Gasteiger partial charge in [0.15, 0.2) is 17.0 Å². The summed E-state index contributed by atoms with van der Waals surface area (Å²) in [6.45, 7) is 0.322. The number of fused-ring (bicyclic) bond motifs is 1. The summed E-state index contributed by atoms with van der Waals surface area (Å²) >= 11 is 0.